The molecule has 1 aromatic carbocycles. The van der Waals surface area contributed by atoms with E-state index in [1.54, 1.807) is 7.11 Å². The highest BCUT2D eigenvalue weighted by Crippen LogP contribution is 2.20. The van der Waals surface area contributed by atoms with E-state index in [0.717, 1.165) is 23.4 Å². The maximum atomic E-state index is 8.78. The Morgan fingerprint density at radius 3 is 2.82 bits per heavy atom. The van der Waals surface area contributed by atoms with E-state index < -0.39 is 0 Å². The Balaban J connectivity index is 3.05. The zero-order valence-electron chi connectivity index (χ0n) is 10.5. The summed E-state index contributed by atoms with van der Waals surface area (Å²) in [4.78, 5) is 2.01. The Hall–Kier alpha value is -1.75. The van der Waals surface area contributed by atoms with Gasteiger partial charge in [-0.15, -0.1) is 0 Å². The van der Waals surface area contributed by atoms with E-state index in [4.69, 9.17) is 15.7 Å². The lowest BCUT2D eigenvalue weighted by Gasteiger charge is -2.22. The summed E-state index contributed by atoms with van der Waals surface area (Å²) < 4.78 is 5.03. The number of rotatable bonds is 5. The van der Waals surface area contributed by atoms with Crippen LogP contribution in [0.1, 0.15) is 11.1 Å². The molecular formula is C12H19N3O2. The molecule has 0 amide bonds. The maximum absolute atomic E-state index is 8.78. The summed E-state index contributed by atoms with van der Waals surface area (Å²) in [7, 11) is 3.60. The summed E-state index contributed by atoms with van der Waals surface area (Å²) >= 11 is 0. The second-order valence-electron chi connectivity index (χ2n) is 3.92. The van der Waals surface area contributed by atoms with Gasteiger partial charge in [0.15, 0.2) is 5.84 Å². The quantitative estimate of drug-likeness (QED) is 0.349. The lowest BCUT2D eigenvalue weighted by molar-refractivity contribution is 0.206. The van der Waals surface area contributed by atoms with Crippen molar-refractivity contribution in [3.8, 4) is 0 Å². The van der Waals surface area contributed by atoms with Crippen LogP contribution in [0.15, 0.2) is 23.4 Å². The van der Waals surface area contributed by atoms with Gasteiger partial charge in [-0.2, -0.15) is 0 Å². The average molecular weight is 237 g/mol. The summed E-state index contributed by atoms with van der Waals surface area (Å²) in [5.74, 6) is 0.118. The molecule has 1 rings (SSSR count). The predicted molar refractivity (Wildman–Crippen MR) is 68.8 cm³/mol. The zero-order chi connectivity index (χ0) is 12.8. The fourth-order valence-corrected chi connectivity index (χ4v) is 1.59. The number of aryl methyl sites for hydroxylation is 1. The van der Waals surface area contributed by atoms with Gasteiger partial charge in [-0.1, -0.05) is 16.8 Å². The lowest BCUT2D eigenvalue weighted by atomic mass is 10.1. The van der Waals surface area contributed by atoms with Gasteiger partial charge in [0.05, 0.1) is 6.61 Å². The highest BCUT2D eigenvalue weighted by Gasteiger charge is 2.11. The van der Waals surface area contributed by atoms with Gasteiger partial charge in [0.1, 0.15) is 0 Å². The minimum atomic E-state index is 0.118. The van der Waals surface area contributed by atoms with Crippen molar-refractivity contribution in [2.45, 2.75) is 6.92 Å². The van der Waals surface area contributed by atoms with Crippen molar-refractivity contribution in [3.05, 3.63) is 29.3 Å². The van der Waals surface area contributed by atoms with Crippen LogP contribution in [0.25, 0.3) is 0 Å². The average Bonchev–Trinajstić information content (AvgIpc) is 2.34. The van der Waals surface area contributed by atoms with Crippen molar-refractivity contribution in [1.29, 1.82) is 0 Å². The number of anilines is 1. The van der Waals surface area contributed by atoms with Crippen LogP contribution < -0.4 is 10.6 Å². The Morgan fingerprint density at radius 2 is 2.24 bits per heavy atom. The molecule has 0 aliphatic carbocycles. The molecule has 0 spiro atoms. The number of nitrogens with two attached hydrogens (primary N) is 1. The van der Waals surface area contributed by atoms with Gasteiger partial charge in [-0.3, -0.25) is 0 Å². The number of nitrogens with zero attached hydrogens (tertiary/aromatic N) is 2. The molecule has 0 aromatic heterocycles. The standard InChI is InChI=1S/C12H19N3O2/c1-9-4-5-11(15(2)6-7-17-3)10(8-9)12(13)14-16/h4-5,8,16H,6-7H2,1-3H3,(H2,13,14). The fraction of sp³-hybridized carbons (Fsp3) is 0.417. The smallest absolute Gasteiger partial charge is 0.172 e. The minimum Gasteiger partial charge on any atom is -0.409 e. The van der Waals surface area contributed by atoms with Gasteiger partial charge < -0.3 is 20.6 Å². The lowest BCUT2D eigenvalue weighted by Crippen LogP contribution is -2.26. The SMILES string of the molecule is COCCN(C)c1ccc(C)cc1/C(N)=N/O. The number of hydrogen-bond acceptors (Lipinski definition) is 4. The van der Waals surface area contributed by atoms with E-state index in [-0.39, 0.29) is 5.84 Å². The van der Waals surface area contributed by atoms with Gasteiger partial charge in [0, 0.05) is 32.0 Å². The van der Waals surface area contributed by atoms with Gasteiger partial charge in [0.25, 0.3) is 0 Å². The molecule has 17 heavy (non-hydrogen) atoms. The van der Waals surface area contributed by atoms with Gasteiger partial charge >= 0.3 is 0 Å². The van der Waals surface area contributed by atoms with Crippen molar-refractivity contribution in [2.24, 2.45) is 10.9 Å². The monoisotopic (exact) mass is 237 g/mol. The zero-order valence-corrected chi connectivity index (χ0v) is 10.5. The molecule has 3 N–H and O–H groups in total. The molecule has 0 radical (unpaired) electrons. The molecule has 0 aliphatic rings. The predicted octanol–water partition coefficient (Wildman–Crippen LogP) is 1.17. The molecule has 94 valence electrons. The van der Waals surface area contributed by atoms with E-state index in [1.807, 2.05) is 37.1 Å². The summed E-state index contributed by atoms with van der Waals surface area (Å²) in [5, 5.41) is 11.8. The first-order chi connectivity index (χ1) is 8.10. The maximum Gasteiger partial charge on any atom is 0.172 e. The largest absolute Gasteiger partial charge is 0.409 e. The van der Waals surface area contributed by atoms with Gasteiger partial charge in [0.2, 0.25) is 0 Å². The summed E-state index contributed by atoms with van der Waals surface area (Å²) in [5.41, 5.74) is 8.39. The number of methoxy groups -OCH3 is 1. The molecule has 0 saturated carbocycles. The Bertz CT molecular complexity index is 405. The van der Waals surface area contributed by atoms with Crippen molar-refractivity contribution >= 4 is 11.5 Å². The molecule has 5 nitrogen and oxygen atoms in total. The van der Waals surface area contributed by atoms with E-state index in [1.165, 1.54) is 0 Å². The molecule has 0 atom stereocenters. The third-order valence-corrected chi connectivity index (χ3v) is 2.58. The first kappa shape index (κ1) is 13.3. The van der Waals surface area contributed by atoms with Crippen molar-refractivity contribution in [1.82, 2.24) is 0 Å². The van der Waals surface area contributed by atoms with E-state index >= 15 is 0 Å². The molecule has 0 saturated heterocycles. The number of hydrogen-bond donors (Lipinski definition) is 2. The molecule has 5 heteroatoms. The van der Waals surface area contributed by atoms with Crippen molar-refractivity contribution < 1.29 is 9.94 Å². The molecule has 0 fully saturated rings. The normalized spacial score (nSPS) is 11.6. The fourth-order valence-electron chi connectivity index (χ4n) is 1.59. The minimum absolute atomic E-state index is 0.118. The van der Waals surface area contributed by atoms with Crippen LogP contribution in [0, 0.1) is 6.92 Å². The van der Waals surface area contributed by atoms with Crippen LogP contribution in [-0.4, -0.2) is 38.4 Å². The van der Waals surface area contributed by atoms with E-state index in [2.05, 4.69) is 5.16 Å². The molecule has 1 aromatic rings. The van der Waals surface area contributed by atoms with E-state index in [0.29, 0.717) is 6.61 Å². The molecule has 0 aliphatic heterocycles. The van der Waals surface area contributed by atoms with Crippen LogP contribution in [0.5, 0.6) is 0 Å². The highest BCUT2D eigenvalue weighted by molar-refractivity contribution is 6.02. The van der Waals surface area contributed by atoms with Crippen LogP contribution in [-0.2, 0) is 4.74 Å². The van der Waals surface area contributed by atoms with Gasteiger partial charge in [-0.05, 0) is 19.1 Å². The van der Waals surface area contributed by atoms with Gasteiger partial charge in [-0.25, -0.2) is 0 Å². The van der Waals surface area contributed by atoms with Crippen LogP contribution in [0.2, 0.25) is 0 Å². The molecular weight excluding hydrogens is 218 g/mol. The summed E-state index contributed by atoms with van der Waals surface area (Å²) in [6, 6.07) is 5.85. The molecule has 0 heterocycles. The van der Waals surface area contributed by atoms with Crippen LogP contribution in [0.3, 0.4) is 0 Å². The van der Waals surface area contributed by atoms with Crippen LogP contribution >= 0.6 is 0 Å². The highest BCUT2D eigenvalue weighted by atomic mass is 16.5. The number of amidine groups is 1. The topological polar surface area (TPSA) is 71.1 Å². The number of oxime groups is 1. The number of ether oxygens (including phenoxy) is 1. The number of benzene rings is 1. The molecule has 0 unspecified atom stereocenters. The van der Waals surface area contributed by atoms with Crippen LogP contribution in [0.4, 0.5) is 5.69 Å². The third-order valence-electron chi connectivity index (χ3n) is 2.58. The Labute approximate surface area is 101 Å². The summed E-state index contributed by atoms with van der Waals surface area (Å²) in [6.07, 6.45) is 0. The van der Waals surface area contributed by atoms with E-state index in [9.17, 15) is 0 Å². The van der Waals surface area contributed by atoms with Crippen molar-refractivity contribution in [3.63, 3.8) is 0 Å². The first-order valence-electron chi connectivity index (χ1n) is 5.38. The third kappa shape index (κ3) is 3.35. The van der Waals surface area contributed by atoms with Crippen molar-refractivity contribution in [2.75, 3.05) is 32.2 Å². The Morgan fingerprint density at radius 1 is 1.53 bits per heavy atom. The summed E-state index contributed by atoms with van der Waals surface area (Å²) in [6.45, 7) is 3.33. The second-order valence-corrected chi connectivity index (χ2v) is 3.92. The second kappa shape index (κ2) is 6.10. The Kier molecular flexibility index (Phi) is 4.78. The molecule has 0 bridgehead atoms. The first-order valence-corrected chi connectivity index (χ1v) is 5.38. The number of likely N-dealkylation sites (N-methyl/N-ethyl adjacent to an activating group) is 1.